The van der Waals surface area contributed by atoms with Gasteiger partial charge in [-0.05, 0) is 29.8 Å². The molecular formula is C10H8NO2-. The van der Waals surface area contributed by atoms with Crippen molar-refractivity contribution in [3.8, 4) is 5.88 Å². The molecule has 0 radical (unpaired) electrons. The highest BCUT2D eigenvalue weighted by Crippen LogP contribution is 2.18. The van der Waals surface area contributed by atoms with E-state index in [1.165, 1.54) is 0 Å². The number of aromatic amines is 1. The smallest absolute Gasteiger partial charge is 0.255 e. The fourth-order valence-corrected chi connectivity index (χ4v) is 1.39. The number of pyridine rings is 1. The molecule has 0 saturated heterocycles. The van der Waals surface area contributed by atoms with Gasteiger partial charge < -0.3 is 10.1 Å². The second kappa shape index (κ2) is 2.62. The molecule has 2 aromatic rings. The van der Waals surface area contributed by atoms with Crippen molar-refractivity contribution in [3.05, 3.63) is 40.2 Å². The minimum atomic E-state index is -0.314. The summed E-state index contributed by atoms with van der Waals surface area (Å²) in [6.45, 7) is 1.71. The zero-order chi connectivity index (χ0) is 9.42. The lowest BCUT2D eigenvalue weighted by molar-refractivity contribution is -0.275. The zero-order valence-corrected chi connectivity index (χ0v) is 7.13. The summed E-state index contributed by atoms with van der Waals surface area (Å²) in [5.74, 6) is -0.302. The molecule has 66 valence electrons. The number of H-pyrrole nitrogens is 1. The van der Waals surface area contributed by atoms with E-state index < -0.39 is 0 Å². The van der Waals surface area contributed by atoms with Gasteiger partial charge in [-0.2, -0.15) is 0 Å². The predicted octanol–water partition coefficient (Wildman–Crippen LogP) is 0.910. The molecule has 2 rings (SSSR count). The summed E-state index contributed by atoms with van der Waals surface area (Å²) in [4.78, 5) is 13.6. The topological polar surface area (TPSA) is 55.9 Å². The van der Waals surface area contributed by atoms with Gasteiger partial charge in [0.1, 0.15) is 0 Å². The Morgan fingerprint density at radius 2 is 1.85 bits per heavy atom. The molecule has 13 heavy (non-hydrogen) atoms. The predicted molar refractivity (Wildman–Crippen MR) is 48.8 cm³/mol. The maximum Gasteiger partial charge on any atom is 0.255 e. The lowest BCUT2D eigenvalue weighted by Gasteiger charge is -2.11. The molecule has 0 aliphatic rings. The highest BCUT2D eigenvalue weighted by molar-refractivity contribution is 5.85. The number of aryl methyl sites for hydroxylation is 1. The number of benzene rings is 1. The summed E-state index contributed by atoms with van der Waals surface area (Å²) in [5, 5.41) is 12.5. The van der Waals surface area contributed by atoms with Crippen LogP contribution in [0.5, 0.6) is 5.88 Å². The number of fused-ring (bicyclic) bond motifs is 1. The van der Waals surface area contributed by atoms with Gasteiger partial charge in [0, 0.05) is 5.39 Å². The molecular weight excluding hydrogens is 166 g/mol. The Morgan fingerprint density at radius 3 is 2.54 bits per heavy atom. The van der Waals surface area contributed by atoms with Crippen molar-refractivity contribution in [3.63, 3.8) is 0 Å². The molecule has 1 heterocycles. The molecule has 1 aromatic carbocycles. The summed E-state index contributed by atoms with van der Waals surface area (Å²) < 4.78 is 0. The molecule has 0 amide bonds. The minimum Gasteiger partial charge on any atom is -0.860 e. The third kappa shape index (κ3) is 1.09. The minimum absolute atomic E-state index is 0.302. The van der Waals surface area contributed by atoms with E-state index in [9.17, 15) is 9.90 Å². The molecule has 1 N–H and O–H groups in total. The number of nitrogens with one attached hydrogen (secondary N) is 1. The Balaban J connectivity index is 3.06. The average Bonchev–Trinajstić information content (AvgIpc) is 2.15. The molecule has 0 bridgehead atoms. The number of hydrogen-bond acceptors (Lipinski definition) is 2. The highest BCUT2D eigenvalue weighted by atomic mass is 16.3. The summed E-state index contributed by atoms with van der Waals surface area (Å²) in [5.41, 5.74) is 0.279. The lowest BCUT2D eigenvalue weighted by atomic mass is 10.1. The quantitative estimate of drug-likeness (QED) is 0.645. The van der Waals surface area contributed by atoms with Gasteiger partial charge in [0.05, 0.1) is 0 Å². The second-order valence-electron chi connectivity index (χ2n) is 2.95. The molecule has 0 atom stereocenters. The van der Waals surface area contributed by atoms with E-state index in [0.717, 1.165) is 5.39 Å². The number of hydrogen-bond donors (Lipinski definition) is 1. The third-order valence-electron chi connectivity index (χ3n) is 2.14. The van der Waals surface area contributed by atoms with E-state index in [1.807, 2.05) is 6.07 Å². The Morgan fingerprint density at radius 1 is 1.23 bits per heavy atom. The molecule has 0 spiro atoms. The van der Waals surface area contributed by atoms with Crippen LogP contribution >= 0.6 is 0 Å². The molecule has 0 unspecified atom stereocenters. The lowest BCUT2D eigenvalue weighted by Crippen LogP contribution is -2.11. The molecule has 0 aliphatic heterocycles. The van der Waals surface area contributed by atoms with Gasteiger partial charge in [-0.1, -0.05) is 18.2 Å². The maximum atomic E-state index is 11.3. The van der Waals surface area contributed by atoms with E-state index in [1.54, 1.807) is 25.1 Å². The van der Waals surface area contributed by atoms with E-state index in [-0.39, 0.29) is 11.4 Å². The second-order valence-corrected chi connectivity index (χ2v) is 2.95. The first-order valence-corrected chi connectivity index (χ1v) is 3.99. The molecule has 0 aliphatic carbocycles. The summed E-state index contributed by atoms with van der Waals surface area (Å²) in [6.07, 6.45) is 0. The van der Waals surface area contributed by atoms with Crippen molar-refractivity contribution in [2.24, 2.45) is 0 Å². The third-order valence-corrected chi connectivity index (χ3v) is 2.14. The normalized spacial score (nSPS) is 10.5. The van der Waals surface area contributed by atoms with Gasteiger partial charge in [0.25, 0.3) is 5.56 Å². The van der Waals surface area contributed by atoms with Crippen LogP contribution in [0.15, 0.2) is 29.1 Å². The van der Waals surface area contributed by atoms with Gasteiger partial charge in [-0.15, -0.1) is 0 Å². The molecule has 0 fully saturated rings. The Hall–Kier alpha value is -1.77. The van der Waals surface area contributed by atoms with Crippen molar-refractivity contribution in [2.45, 2.75) is 6.92 Å². The SMILES string of the molecule is Cc1c([O-])[nH]c(=O)c2ccccc12. The fraction of sp³-hybridized carbons (Fsp3) is 0.100. The van der Waals surface area contributed by atoms with Gasteiger partial charge in [0.2, 0.25) is 0 Å². The zero-order valence-electron chi connectivity index (χ0n) is 7.13. The first-order valence-electron chi connectivity index (χ1n) is 3.99. The van der Waals surface area contributed by atoms with Gasteiger partial charge in [0.15, 0.2) is 0 Å². The number of rotatable bonds is 0. The van der Waals surface area contributed by atoms with Gasteiger partial charge in [-0.3, -0.25) is 4.79 Å². The van der Waals surface area contributed by atoms with E-state index in [2.05, 4.69) is 4.98 Å². The maximum absolute atomic E-state index is 11.3. The molecule has 3 heteroatoms. The van der Waals surface area contributed by atoms with Crippen LogP contribution in [-0.2, 0) is 0 Å². The van der Waals surface area contributed by atoms with Crippen LogP contribution in [0, 0.1) is 6.92 Å². The number of aromatic nitrogens is 1. The van der Waals surface area contributed by atoms with Crippen LogP contribution in [0.4, 0.5) is 0 Å². The van der Waals surface area contributed by atoms with Crippen molar-refractivity contribution in [2.75, 3.05) is 0 Å². The summed E-state index contributed by atoms with van der Waals surface area (Å²) in [7, 11) is 0. The summed E-state index contributed by atoms with van der Waals surface area (Å²) >= 11 is 0. The van der Waals surface area contributed by atoms with E-state index in [0.29, 0.717) is 10.9 Å². The molecule has 1 aromatic heterocycles. The fourth-order valence-electron chi connectivity index (χ4n) is 1.39. The van der Waals surface area contributed by atoms with Crippen molar-refractivity contribution >= 4 is 10.8 Å². The average molecular weight is 174 g/mol. The van der Waals surface area contributed by atoms with Gasteiger partial charge in [-0.25, -0.2) is 0 Å². The largest absolute Gasteiger partial charge is 0.860 e. The van der Waals surface area contributed by atoms with Crippen molar-refractivity contribution in [1.82, 2.24) is 4.98 Å². The standard InChI is InChI=1S/C10H9NO2/c1-6-7-4-2-3-5-8(7)10(13)11-9(6)12/h2-5H,1H3,(H2,11,12,13)/p-1. The van der Waals surface area contributed by atoms with Gasteiger partial charge >= 0.3 is 0 Å². The highest BCUT2D eigenvalue weighted by Gasteiger charge is 2.00. The monoisotopic (exact) mass is 174 g/mol. The Bertz CT molecular complexity index is 514. The van der Waals surface area contributed by atoms with Crippen molar-refractivity contribution < 1.29 is 5.11 Å². The molecule has 3 nitrogen and oxygen atoms in total. The Labute approximate surface area is 74.7 Å². The van der Waals surface area contributed by atoms with Crippen molar-refractivity contribution in [1.29, 1.82) is 0 Å². The first-order chi connectivity index (χ1) is 6.20. The van der Waals surface area contributed by atoms with Crippen LogP contribution in [0.25, 0.3) is 10.8 Å². The van der Waals surface area contributed by atoms with Crippen LogP contribution < -0.4 is 10.7 Å². The van der Waals surface area contributed by atoms with Crippen LogP contribution in [0.1, 0.15) is 5.56 Å². The first kappa shape index (κ1) is 7.86. The summed E-state index contributed by atoms with van der Waals surface area (Å²) in [6, 6.07) is 7.08. The van der Waals surface area contributed by atoms with E-state index in [4.69, 9.17) is 0 Å². The van der Waals surface area contributed by atoms with Crippen LogP contribution in [0.3, 0.4) is 0 Å². The van der Waals surface area contributed by atoms with E-state index >= 15 is 0 Å². The molecule has 0 saturated carbocycles. The van der Waals surface area contributed by atoms with Crippen LogP contribution in [0.2, 0.25) is 0 Å². The van der Waals surface area contributed by atoms with Crippen LogP contribution in [-0.4, -0.2) is 4.98 Å². The Kier molecular flexibility index (Phi) is 1.59.